The minimum Gasteiger partial charge on any atom is -0.367 e. The third kappa shape index (κ3) is 3.59. The number of benzene rings is 1. The average molecular weight is 281 g/mol. The lowest BCUT2D eigenvalue weighted by Gasteiger charge is -2.08. The van der Waals surface area contributed by atoms with Crippen LogP contribution in [-0.2, 0) is 0 Å². The fraction of sp³-hybridized carbons (Fsp3) is 0.125. The van der Waals surface area contributed by atoms with Crippen LogP contribution >= 0.6 is 0 Å². The van der Waals surface area contributed by atoms with Crippen molar-refractivity contribution >= 4 is 11.6 Å². The molecule has 0 radical (unpaired) electrons. The molecule has 2 rings (SSSR count). The van der Waals surface area contributed by atoms with Gasteiger partial charge in [-0.1, -0.05) is 11.8 Å². The summed E-state index contributed by atoms with van der Waals surface area (Å²) in [5.41, 5.74) is 7.40. The Kier molecular flexibility index (Phi) is 4.54. The van der Waals surface area contributed by atoms with Crippen LogP contribution in [0.4, 0.5) is 5.69 Å². The van der Waals surface area contributed by atoms with Crippen molar-refractivity contribution in [3.05, 3.63) is 63.6 Å². The van der Waals surface area contributed by atoms with Gasteiger partial charge in [-0.25, -0.2) is 0 Å². The number of carbonyl (C=O) groups is 1. The van der Waals surface area contributed by atoms with E-state index in [1.807, 2.05) is 13.0 Å². The molecule has 1 aromatic carbocycles. The lowest BCUT2D eigenvalue weighted by atomic mass is 10.1. The second-order valence-corrected chi connectivity index (χ2v) is 4.41. The fourth-order valence-electron chi connectivity index (χ4n) is 1.82. The molecule has 0 atom stereocenters. The van der Waals surface area contributed by atoms with Crippen molar-refractivity contribution in [3.63, 3.8) is 0 Å². The summed E-state index contributed by atoms with van der Waals surface area (Å²) in [5.74, 6) is 5.25. The zero-order chi connectivity index (χ0) is 15.2. The molecule has 0 unspecified atom stereocenters. The second-order valence-electron chi connectivity index (χ2n) is 4.41. The molecule has 1 aromatic heterocycles. The van der Waals surface area contributed by atoms with Crippen LogP contribution < -0.4 is 16.5 Å². The minimum atomic E-state index is -0.444. The van der Waals surface area contributed by atoms with Crippen LogP contribution in [0.3, 0.4) is 0 Å². The van der Waals surface area contributed by atoms with Crippen molar-refractivity contribution in [2.24, 2.45) is 5.73 Å². The first-order valence-corrected chi connectivity index (χ1v) is 6.40. The molecule has 0 aliphatic carbocycles. The number of aromatic amines is 1. The van der Waals surface area contributed by atoms with Gasteiger partial charge in [-0.15, -0.1) is 0 Å². The average Bonchev–Trinajstić information content (AvgIpc) is 2.48. The minimum absolute atomic E-state index is 0.0731. The number of anilines is 1. The highest BCUT2D eigenvalue weighted by Crippen LogP contribution is 2.16. The lowest BCUT2D eigenvalue weighted by molar-refractivity contribution is 0.102. The monoisotopic (exact) mass is 281 g/mol. The zero-order valence-electron chi connectivity index (χ0n) is 11.6. The Morgan fingerprint density at radius 2 is 2.19 bits per heavy atom. The molecule has 0 fully saturated rings. The predicted octanol–water partition coefficient (Wildman–Crippen LogP) is 1.25. The summed E-state index contributed by atoms with van der Waals surface area (Å²) < 4.78 is 0. The van der Waals surface area contributed by atoms with Crippen molar-refractivity contribution in [1.82, 2.24) is 4.98 Å². The van der Waals surface area contributed by atoms with Crippen LogP contribution in [0.1, 0.15) is 21.5 Å². The highest BCUT2D eigenvalue weighted by atomic mass is 16.2. The maximum Gasteiger partial charge on any atom is 0.261 e. The van der Waals surface area contributed by atoms with E-state index in [2.05, 4.69) is 22.1 Å². The molecule has 106 valence electrons. The van der Waals surface area contributed by atoms with Gasteiger partial charge in [-0.05, 0) is 30.7 Å². The standard InChI is InChI=1S/C16H15N3O2/c1-11-9-12(3-2-7-17)4-5-14(11)19-16(21)13-10-18-8-6-15(13)20/h4-6,8-10H,7,17H2,1H3,(H,18,20)(H,19,21). The normalized spacial score (nSPS) is 9.62. The van der Waals surface area contributed by atoms with Crippen LogP contribution in [-0.4, -0.2) is 17.4 Å². The molecule has 0 saturated heterocycles. The Hall–Kier alpha value is -2.84. The molecular formula is C16H15N3O2. The van der Waals surface area contributed by atoms with Gasteiger partial charge in [0, 0.05) is 29.7 Å². The highest BCUT2D eigenvalue weighted by Gasteiger charge is 2.10. The SMILES string of the molecule is Cc1cc(C#CCN)ccc1NC(=O)c1c[nH]ccc1=O. The molecule has 4 N–H and O–H groups in total. The van der Waals surface area contributed by atoms with Crippen LogP contribution in [0.5, 0.6) is 0 Å². The van der Waals surface area contributed by atoms with E-state index >= 15 is 0 Å². The molecular weight excluding hydrogens is 266 g/mol. The Bertz CT molecular complexity index is 782. The van der Waals surface area contributed by atoms with Gasteiger partial charge in [0.15, 0.2) is 5.43 Å². The predicted molar refractivity (Wildman–Crippen MR) is 82.1 cm³/mol. The molecule has 1 heterocycles. The van der Waals surface area contributed by atoms with E-state index in [1.165, 1.54) is 18.5 Å². The number of nitrogens with two attached hydrogens (primary N) is 1. The molecule has 0 saturated carbocycles. The van der Waals surface area contributed by atoms with Gasteiger partial charge in [-0.3, -0.25) is 9.59 Å². The summed E-state index contributed by atoms with van der Waals surface area (Å²) in [7, 11) is 0. The summed E-state index contributed by atoms with van der Waals surface area (Å²) in [5, 5.41) is 2.72. The van der Waals surface area contributed by atoms with Crippen molar-refractivity contribution in [3.8, 4) is 11.8 Å². The maximum atomic E-state index is 12.1. The van der Waals surface area contributed by atoms with Crippen LogP contribution in [0.25, 0.3) is 0 Å². The van der Waals surface area contributed by atoms with E-state index in [0.717, 1.165) is 11.1 Å². The molecule has 0 aliphatic rings. The molecule has 0 bridgehead atoms. The van der Waals surface area contributed by atoms with Gasteiger partial charge in [0.2, 0.25) is 0 Å². The lowest BCUT2D eigenvalue weighted by Crippen LogP contribution is -2.21. The van der Waals surface area contributed by atoms with E-state index in [-0.39, 0.29) is 11.0 Å². The molecule has 21 heavy (non-hydrogen) atoms. The number of pyridine rings is 1. The van der Waals surface area contributed by atoms with Gasteiger partial charge in [0.05, 0.1) is 6.54 Å². The number of aromatic nitrogens is 1. The van der Waals surface area contributed by atoms with Gasteiger partial charge < -0.3 is 16.0 Å². The first-order valence-electron chi connectivity index (χ1n) is 6.40. The molecule has 2 aromatic rings. The number of carbonyl (C=O) groups excluding carboxylic acids is 1. The Balaban J connectivity index is 2.22. The van der Waals surface area contributed by atoms with Gasteiger partial charge in [-0.2, -0.15) is 0 Å². The maximum absolute atomic E-state index is 12.1. The zero-order valence-corrected chi connectivity index (χ0v) is 11.6. The smallest absolute Gasteiger partial charge is 0.261 e. The van der Waals surface area contributed by atoms with Crippen molar-refractivity contribution < 1.29 is 4.79 Å². The van der Waals surface area contributed by atoms with Crippen LogP contribution in [0.15, 0.2) is 41.5 Å². The van der Waals surface area contributed by atoms with E-state index in [9.17, 15) is 9.59 Å². The number of rotatable bonds is 2. The van der Waals surface area contributed by atoms with E-state index in [4.69, 9.17) is 5.73 Å². The summed E-state index contributed by atoms with van der Waals surface area (Å²) in [6.07, 6.45) is 2.86. The van der Waals surface area contributed by atoms with Crippen molar-refractivity contribution in [2.75, 3.05) is 11.9 Å². The largest absolute Gasteiger partial charge is 0.367 e. The molecule has 5 heteroatoms. The molecule has 0 aliphatic heterocycles. The van der Waals surface area contributed by atoms with E-state index in [0.29, 0.717) is 12.2 Å². The summed E-state index contributed by atoms with van der Waals surface area (Å²) in [4.78, 5) is 26.4. The first-order chi connectivity index (χ1) is 10.1. The number of aryl methyl sites for hydroxylation is 1. The highest BCUT2D eigenvalue weighted by molar-refractivity contribution is 6.04. The number of H-pyrrole nitrogens is 1. The number of hydrogen-bond acceptors (Lipinski definition) is 3. The Morgan fingerprint density at radius 3 is 2.86 bits per heavy atom. The second kappa shape index (κ2) is 6.55. The van der Waals surface area contributed by atoms with E-state index in [1.54, 1.807) is 12.1 Å². The number of hydrogen-bond donors (Lipinski definition) is 3. The molecule has 5 nitrogen and oxygen atoms in total. The Morgan fingerprint density at radius 1 is 1.38 bits per heavy atom. The van der Waals surface area contributed by atoms with E-state index < -0.39 is 5.91 Å². The number of nitrogens with one attached hydrogen (secondary N) is 2. The van der Waals surface area contributed by atoms with Crippen molar-refractivity contribution in [2.45, 2.75) is 6.92 Å². The fourth-order valence-corrected chi connectivity index (χ4v) is 1.82. The first kappa shape index (κ1) is 14.6. The summed E-state index contributed by atoms with van der Waals surface area (Å²) in [6.45, 7) is 2.16. The third-order valence-electron chi connectivity index (χ3n) is 2.88. The molecule has 0 spiro atoms. The van der Waals surface area contributed by atoms with Crippen LogP contribution in [0, 0.1) is 18.8 Å². The Labute approximate surface area is 122 Å². The van der Waals surface area contributed by atoms with Gasteiger partial charge in [0.1, 0.15) is 5.56 Å². The van der Waals surface area contributed by atoms with Gasteiger partial charge in [0.25, 0.3) is 5.91 Å². The third-order valence-corrected chi connectivity index (χ3v) is 2.88. The van der Waals surface area contributed by atoms with Crippen molar-refractivity contribution in [1.29, 1.82) is 0 Å². The topological polar surface area (TPSA) is 88.0 Å². The van der Waals surface area contributed by atoms with Crippen LogP contribution in [0.2, 0.25) is 0 Å². The molecule has 1 amide bonds. The summed E-state index contributed by atoms with van der Waals surface area (Å²) >= 11 is 0. The number of amides is 1. The summed E-state index contributed by atoms with van der Waals surface area (Å²) in [6, 6.07) is 6.71. The van der Waals surface area contributed by atoms with Gasteiger partial charge >= 0.3 is 0 Å². The quantitative estimate of drug-likeness (QED) is 0.724.